The molecule has 0 fully saturated rings. The van der Waals surface area contributed by atoms with Gasteiger partial charge in [0.05, 0.1) is 17.3 Å². The summed E-state index contributed by atoms with van der Waals surface area (Å²) in [5, 5.41) is 3.57. The third-order valence-electron chi connectivity index (χ3n) is 2.76. The molecule has 1 heterocycles. The van der Waals surface area contributed by atoms with Crippen molar-refractivity contribution in [3.8, 4) is 0 Å². The maximum Gasteiger partial charge on any atom is 0.254 e. The van der Waals surface area contributed by atoms with Gasteiger partial charge >= 0.3 is 0 Å². The number of nitrogen functional groups attached to an aromatic ring is 1. The van der Waals surface area contributed by atoms with E-state index in [9.17, 15) is 9.18 Å². The van der Waals surface area contributed by atoms with Crippen LogP contribution in [0.3, 0.4) is 0 Å². The fourth-order valence-electron chi connectivity index (χ4n) is 1.77. The van der Waals surface area contributed by atoms with Crippen LogP contribution in [0.2, 0.25) is 0 Å². The van der Waals surface area contributed by atoms with E-state index in [-0.39, 0.29) is 17.3 Å². The van der Waals surface area contributed by atoms with Crippen LogP contribution in [0.5, 0.6) is 0 Å². The summed E-state index contributed by atoms with van der Waals surface area (Å²) in [7, 11) is 0. The van der Waals surface area contributed by atoms with Gasteiger partial charge in [0.1, 0.15) is 10.8 Å². The number of thiazole rings is 1. The Morgan fingerprint density at radius 1 is 1.50 bits per heavy atom. The Hall–Kier alpha value is -1.99. The number of para-hydroxylation sites is 1. The van der Waals surface area contributed by atoms with Gasteiger partial charge in [0.15, 0.2) is 0 Å². The number of nitrogens with one attached hydrogen (secondary N) is 2. The fourth-order valence-corrected chi connectivity index (χ4v) is 2.54. The zero-order chi connectivity index (χ0) is 14.7. The van der Waals surface area contributed by atoms with Gasteiger partial charge in [0.25, 0.3) is 5.91 Å². The first kappa shape index (κ1) is 14.4. The van der Waals surface area contributed by atoms with Crippen LogP contribution in [0.15, 0.2) is 24.4 Å². The number of nitrogens with two attached hydrogens (primary N) is 1. The summed E-state index contributed by atoms with van der Waals surface area (Å²) >= 11 is 1.51. The van der Waals surface area contributed by atoms with Crippen LogP contribution in [0, 0.1) is 12.7 Å². The van der Waals surface area contributed by atoms with Crippen LogP contribution in [0.4, 0.5) is 10.1 Å². The molecule has 1 atom stereocenters. The van der Waals surface area contributed by atoms with Crippen LogP contribution < -0.4 is 16.6 Å². The van der Waals surface area contributed by atoms with Crippen molar-refractivity contribution in [1.29, 1.82) is 0 Å². The number of carbonyl (C=O) groups is 1. The van der Waals surface area contributed by atoms with E-state index in [1.807, 2.05) is 13.8 Å². The summed E-state index contributed by atoms with van der Waals surface area (Å²) < 4.78 is 13.5. The molecule has 7 heteroatoms. The Labute approximate surface area is 120 Å². The number of aromatic nitrogens is 1. The molecule has 1 aromatic heterocycles. The summed E-state index contributed by atoms with van der Waals surface area (Å²) in [4.78, 5) is 17.4. The number of benzene rings is 1. The van der Waals surface area contributed by atoms with E-state index in [0.717, 1.165) is 9.88 Å². The molecule has 4 N–H and O–H groups in total. The van der Waals surface area contributed by atoms with Gasteiger partial charge in [-0.25, -0.2) is 9.37 Å². The topological polar surface area (TPSA) is 80.0 Å². The highest BCUT2D eigenvalue weighted by atomic mass is 32.1. The van der Waals surface area contributed by atoms with E-state index in [1.165, 1.54) is 29.5 Å². The van der Waals surface area contributed by atoms with Gasteiger partial charge in [-0.2, -0.15) is 0 Å². The molecule has 20 heavy (non-hydrogen) atoms. The molecule has 0 saturated carbocycles. The molecule has 1 aromatic carbocycles. The second-order valence-electron chi connectivity index (χ2n) is 4.31. The number of carbonyl (C=O) groups excluding carboxylic acids is 1. The molecule has 0 saturated heterocycles. The van der Waals surface area contributed by atoms with Crippen molar-refractivity contribution in [2.75, 3.05) is 5.43 Å². The van der Waals surface area contributed by atoms with Crippen molar-refractivity contribution < 1.29 is 9.18 Å². The fraction of sp³-hybridized carbons (Fsp3) is 0.231. The molecule has 2 rings (SSSR count). The first-order valence-electron chi connectivity index (χ1n) is 6.01. The van der Waals surface area contributed by atoms with Gasteiger partial charge in [0, 0.05) is 11.1 Å². The first-order valence-corrected chi connectivity index (χ1v) is 6.83. The van der Waals surface area contributed by atoms with Crippen LogP contribution in [-0.4, -0.2) is 10.9 Å². The average Bonchev–Trinajstić information content (AvgIpc) is 2.85. The lowest BCUT2D eigenvalue weighted by atomic mass is 10.1. The van der Waals surface area contributed by atoms with Gasteiger partial charge < -0.3 is 10.7 Å². The van der Waals surface area contributed by atoms with Crippen molar-refractivity contribution in [2.24, 2.45) is 5.84 Å². The predicted octanol–water partition coefficient (Wildman–Crippen LogP) is 2.37. The first-order chi connectivity index (χ1) is 9.52. The molecule has 0 aliphatic rings. The lowest BCUT2D eigenvalue weighted by Gasteiger charge is -2.14. The molecular weight excluding hydrogens is 279 g/mol. The quantitative estimate of drug-likeness (QED) is 0.597. The van der Waals surface area contributed by atoms with Crippen LogP contribution >= 0.6 is 11.3 Å². The van der Waals surface area contributed by atoms with E-state index in [4.69, 9.17) is 5.84 Å². The SMILES string of the molecule is Cc1cnc(C(C)NC(=O)c2cccc(F)c2NN)s1. The molecular formula is C13H15FN4OS. The van der Waals surface area contributed by atoms with Crippen LogP contribution in [0.25, 0.3) is 0 Å². The van der Waals surface area contributed by atoms with E-state index >= 15 is 0 Å². The number of hydrogen-bond donors (Lipinski definition) is 3. The number of hydrogen-bond acceptors (Lipinski definition) is 5. The largest absolute Gasteiger partial charge is 0.343 e. The van der Waals surface area contributed by atoms with E-state index < -0.39 is 11.7 Å². The van der Waals surface area contributed by atoms with Crippen LogP contribution in [0.1, 0.15) is 33.2 Å². The molecule has 0 radical (unpaired) electrons. The number of nitrogens with zero attached hydrogens (tertiary/aromatic N) is 1. The monoisotopic (exact) mass is 294 g/mol. The highest BCUT2D eigenvalue weighted by molar-refractivity contribution is 7.11. The summed E-state index contributed by atoms with van der Waals surface area (Å²) in [6, 6.07) is 3.95. The highest BCUT2D eigenvalue weighted by Gasteiger charge is 2.18. The molecule has 106 valence electrons. The van der Waals surface area contributed by atoms with Crippen molar-refractivity contribution in [2.45, 2.75) is 19.9 Å². The minimum absolute atomic E-state index is 0.0208. The molecule has 0 spiro atoms. The average molecular weight is 294 g/mol. The summed E-state index contributed by atoms with van der Waals surface area (Å²) in [6.45, 7) is 3.77. The summed E-state index contributed by atoms with van der Waals surface area (Å²) in [6.07, 6.45) is 1.75. The van der Waals surface area contributed by atoms with Crippen molar-refractivity contribution >= 4 is 22.9 Å². The molecule has 2 aromatic rings. The minimum Gasteiger partial charge on any atom is -0.343 e. The lowest BCUT2D eigenvalue weighted by molar-refractivity contribution is 0.0940. The number of halogens is 1. The molecule has 5 nitrogen and oxygen atoms in total. The van der Waals surface area contributed by atoms with Gasteiger partial charge in [-0.05, 0) is 26.0 Å². The third-order valence-corrected chi connectivity index (χ3v) is 3.86. The van der Waals surface area contributed by atoms with Gasteiger partial charge in [-0.15, -0.1) is 11.3 Å². The van der Waals surface area contributed by atoms with Crippen molar-refractivity contribution in [3.05, 3.63) is 45.7 Å². The Morgan fingerprint density at radius 3 is 2.85 bits per heavy atom. The molecule has 1 amide bonds. The summed E-state index contributed by atoms with van der Waals surface area (Å²) in [5.74, 6) is 4.28. The van der Waals surface area contributed by atoms with Gasteiger partial charge in [-0.1, -0.05) is 6.07 Å². The van der Waals surface area contributed by atoms with Crippen molar-refractivity contribution in [1.82, 2.24) is 10.3 Å². The zero-order valence-corrected chi connectivity index (χ0v) is 11.9. The molecule has 0 bridgehead atoms. The number of anilines is 1. The van der Waals surface area contributed by atoms with Crippen molar-refractivity contribution in [3.63, 3.8) is 0 Å². The van der Waals surface area contributed by atoms with Crippen LogP contribution in [-0.2, 0) is 0 Å². The molecule has 0 aliphatic carbocycles. The summed E-state index contributed by atoms with van der Waals surface area (Å²) in [5.41, 5.74) is 2.35. The number of amides is 1. The van der Waals surface area contributed by atoms with E-state index in [0.29, 0.717) is 0 Å². The molecule has 1 unspecified atom stereocenters. The zero-order valence-electron chi connectivity index (χ0n) is 11.1. The normalized spacial score (nSPS) is 12.0. The third kappa shape index (κ3) is 2.94. The standard InChI is InChI=1S/C13H15FN4OS/c1-7-6-16-13(20-7)8(2)17-12(19)9-4-3-5-10(14)11(9)18-15/h3-6,8,18H,15H2,1-2H3,(H,17,19). The smallest absolute Gasteiger partial charge is 0.254 e. The lowest BCUT2D eigenvalue weighted by Crippen LogP contribution is -2.28. The van der Waals surface area contributed by atoms with E-state index in [2.05, 4.69) is 15.7 Å². The Balaban J connectivity index is 2.18. The maximum absolute atomic E-state index is 13.5. The number of hydrazine groups is 1. The Bertz CT molecular complexity index is 629. The maximum atomic E-state index is 13.5. The number of aryl methyl sites for hydroxylation is 1. The Morgan fingerprint density at radius 2 is 2.25 bits per heavy atom. The second kappa shape index (κ2) is 5.98. The highest BCUT2D eigenvalue weighted by Crippen LogP contribution is 2.22. The Kier molecular flexibility index (Phi) is 4.31. The predicted molar refractivity (Wildman–Crippen MR) is 76.9 cm³/mol. The van der Waals surface area contributed by atoms with Gasteiger partial charge in [0.2, 0.25) is 0 Å². The number of rotatable bonds is 4. The van der Waals surface area contributed by atoms with Gasteiger partial charge in [-0.3, -0.25) is 10.6 Å². The molecule has 0 aliphatic heterocycles. The second-order valence-corrected chi connectivity index (χ2v) is 5.58. The van der Waals surface area contributed by atoms with E-state index in [1.54, 1.807) is 6.20 Å². The minimum atomic E-state index is -0.571.